The molecule has 0 saturated heterocycles. The average molecular weight is 288 g/mol. The molecule has 0 spiro atoms. The van der Waals surface area contributed by atoms with Gasteiger partial charge in [0.25, 0.3) is 20.6 Å². The van der Waals surface area contributed by atoms with E-state index in [9.17, 15) is 17.2 Å². The fourth-order valence-electron chi connectivity index (χ4n) is 1.34. The summed E-state index contributed by atoms with van der Waals surface area (Å²) < 4.78 is 48.0. The zero-order valence-electron chi connectivity index (χ0n) is 9.27. The summed E-state index contributed by atoms with van der Waals surface area (Å²) in [4.78, 5) is 0. The Balaban J connectivity index is 3.30. The Kier molecular flexibility index (Phi) is 4.42. The lowest BCUT2D eigenvalue weighted by Crippen LogP contribution is -2.16. The minimum absolute atomic E-state index is 0.173. The maximum absolute atomic E-state index is 12.4. The quantitative estimate of drug-likeness (QED) is 0.777. The van der Waals surface area contributed by atoms with Crippen LogP contribution in [0.3, 0.4) is 0 Å². The van der Waals surface area contributed by atoms with E-state index in [1.54, 1.807) is 6.92 Å². The van der Waals surface area contributed by atoms with Gasteiger partial charge in [-0.2, -0.15) is 0 Å². The van der Waals surface area contributed by atoms with Gasteiger partial charge in [-0.3, -0.25) is 4.57 Å². The molecule has 1 unspecified atom stereocenters. The zero-order chi connectivity index (χ0) is 13.2. The van der Waals surface area contributed by atoms with Crippen LogP contribution in [0.2, 0.25) is 0 Å². The molecule has 9 heteroatoms. The first kappa shape index (κ1) is 14.3. The Labute approximate surface area is 102 Å². The average Bonchev–Trinajstić information content (AvgIpc) is 2.58. The van der Waals surface area contributed by atoms with Crippen LogP contribution < -0.4 is 0 Å². The van der Waals surface area contributed by atoms with Crippen molar-refractivity contribution in [1.82, 2.24) is 14.8 Å². The first-order chi connectivity index (χ1) is 7.77. The molecule has 1 heterocycles. The molecule has 98 valence electrons. The summed E-state index contributed by atoms with van der Waals surface area (Å²) in [5.74, 6) is 0.0282. The Morgan fingerprint density at radius 2 is 2.00 bits per heavy atom. The van der Waals surface area contributed by atoms with Crippen molar-refractivity contribution < 1.29 is 17.2 Å². The van der Waals surface area contributed by atoms with Gasteiger partial charge in [-0.05, 0) is 6.42 Å². The van der Waals surface area contributed by atoms with E-state index in [4.69, 9.17) is 10.7 Å². The molecule has 0 N–H and O–H groups in total. The third-order valence-corrected chi connectivity index (χ3v) is 3.49. The number of hydrogen-bond donors (Lipinski definition) is 0. The number of alkyl halides is 2. The SMILES string of the molecule is CCC(C)c1nnc(S(=O)(=O)Cl)n1CC(F)F. The highest BCUT2D eigenvalue weighted by molar-refractivity contribution is 8.13. The summed E-state index contributed by atoms with van der Waals surface area (Å²) in [5, 5.41) is 6.36. The van der Waals surface area contributed by atoms with Crippen molar-refractivity contribution >= 4 is 19.7 Å². The second-order valence-electron chi connectivity index (χ2n) is 3.59. The van der Waals surface area contributed by atoms with Crippen LogP contribution in [0.25, 0.3) is 0 Å². The molecule has 0 aliphatic carbocycles. The largest absolute Gasteiger partial charge is 0.296 e. The summed E-state index contributed by atoms with van der Waals surface area (Å²) in [7, 11) is 0.941. The lowest BCUT2D eigenvalue weighted by Gasteiger charge is -2.11. The van der Waals surface area contributed by atoms with Crippen molar-refractivity contribution in [2.75, 3.05) is 0 Å². The molecule has 1 aromatic rings. The predicted octanol–water partition coefficient (Wildman–Crippen LogP) is 1.98. The van der Waals surface area contributed by atoms with Crippen LogP contribution in [0.1, 0.15) is 32.0 Å². The smallest absolute Gasteiger partial charge is 0.295 e. The van der Waals surface area contributed by atoms with Gasteiger partial charge in [0, 0.05) is 16.6 Å². The lowest BCUT2D eigenvalue weighted by molar-refractivity contribution is 0.121. The van der Waals surface area contributed by atoms with Gasteiger partial charge in [0.2, 0.25) is 0 Å². The fraction of sp³-hybridized carbons (Fsp3) is 0.750. The van der Waals surface area contributed by atoms with Gasteiger partial charge in [0.15, 0.2) is 0 Å². The molecule has 1 rings (SSSR count). The number of aromatic nitrogens is 3. The van der Waals surface area contributed by atoms with Gasteiger partial charge in [0.05, 0.1) is 6.54 Å². The van der Waals surface area contributed by atoms with Crippen molar-refractivity contribution in [3.8, 4) is 0 Å². The van der Waals surface area contributed by atoms with Crippen LogP contribution in [0.4, 0.5) is 8.78 Å². The third kappa shape index (κ3) is 3.35. The van der Waals surface area contributed by atoms with Gasteiger partial charge in [-0.15, -0.1) is 10.2 Å². The van der Waals surface area contributed by atoms with E-state index in [0.29, 0.717) is 6.42 Å². The van der Waals surface area contributed by atoms with Crippen LogP contribution in [-0.4, -0.2) is 29.6 Å². The Morgan fingerprint density at radius 1 is 1.41 bits per heavy atom. The molecular weight excluding hydrogens is 276 g/mol. The topological polar surface area (TPSA) is 64.8 Å². The lowest BCUT2D eigenvalue weighted by atomic mass is 10.1. The molecule has 0 bridgehead atoms. The normalized spacial score (nSPS) is 14.2. The Morgan fingerprint density at radius 3 is 2.41 bits per heavy atom. The number of nitrogens with zero attached hydrogens (tertiary/aromatic N) is 3. The van der Waals surface area contributed by atoms with Gasteiger partial charge in [0.1, 0.15) is 5.82 Å². The minimum atomic E-state index is -4.17. The van der Waals surface area contributed by atoms with Crippen molar-refractivity contribution in [1.29, 1.82) is 0 Å². The maximum atomic E-state index is 12.4. The zero-order valence-corrected chi connectivity index (χ0v) is 10.8. The van der Waals surface area contributed by atoms with E-state index in [-0.39, 0.29) is 11.7 Å². The molecule has 0 aliphatic rings. The van der Waals surface area contributed by atoms with Crippen molar-refractivity contribution in [2.45, 2.75) is 44.3 Å². The van der Waals surface area contributed by atoms with E-state index < -0.39 is 27.2 Å². The Hall–Kier alpha value is -0.760. The monoisotopic (exact) mass is 287 g/mol. The second kappa shape index (κ2) is 5.26. The Bertz CT molecular complexity index is 489. The molecular formula is C8H12ClF2N3O2S. The number of rotatable bonds is 5. The molecule has 0 saturated carbocycles. The standard InChI is InChI=1S/C8H12ClF2N3O2S/c1-3-5(2)7-12-13-8(17(9,15)16)14(7)4-6(10)11/h5-6H,3-4H2,1-2H3. The first-order valence-electron chi connectivity index (χ1n) is 4.93. The third-order valence-electron chi connectivity index (χ3n) is 2.34. The van der Waals surface area contributed by atoms with E-state index in [1.807, 2.05) is 6.92 Å². The van der Waals surface area contributed by atoms with Gasteiger partial charge in [-0.1, -0.05) is 13.8 Å². The molecule has 5 nitrogen and oxygen atoms in total. The summed E-state index contributed by atoms with van der Waals surface area (Å²) in [5.41, 5.74) is 0. The van der Waals surface area contributed by atoms with E-state index in [1.165, 1.54) is 0 Å². The molecule has 1 aromatic heterocycles. The molecule has 0 radical (unpaired) electrons. The van der Waals surface area contributed by atoms with Crippen LogP contribution >= 0.6 is 10.7 Å². The van der Waals surface area contributed by atoms with Crippen molar-refractivity contribution in [2.24, 2.45) is 0 Å². The highest BCUT2D eigenvalue weighted by Crippen LogP contribution is 2.22. The van der Waals surface area contributed by atoms with Crippen LogP contribution in [0, 0.1) is 0 Å². The molecule has 0 aromatic carbocycles. The fourth-order valence-corrected chi connectivity index (χ4v) is 2.25. The maximum Gasteiger partial charge on any atom is 0.296 e. The second-order valence-corrected chi connectivity index (χ2v) is 6.05. The van der Waals surface area contributed by atoms with Gasteiger partial charge >= 0.3 is 0 Å². The van der Waals surface area contributed by atoms with Crippen LogP contribution in [-0.2, 0) is 15.6 Å². The van der Waals surface area contributed by atoms with Crippen molar-refractivity contribution in [3.63, 3.8) is 0 Å². The molecule has 0 amide bonds. The van der Waals surface area contributed by atoms with Gasteiger partial charge in [-0.25, -0.2) is 17.2 Å². The van der Waals surface area contributed by atoms with Crippen LogP contribution in [0.15, 0.2) is 5.16 Å². The molecule has 0 aliphatic heterocycles. The van der Waals surface area contributed by atoms with E-state index in [2.05, 4.69) is 10.2 Å². The van der Waals surface area contributed by atoms with E-state index in [0.717, 1.165) is 4.57 Å². The predicted molar refractivity (Wildman–Crippen MR) is 57.8 cm³/mol. The summed E-state index contributed by atoms with van der Waals surface area (Å²) in [6.07, 6.45) is -2.07. The van der Waals surface area contributed by atoms with Gasteiger partial charge < -0.3 is 0 Å². The van der Waals surface area contributed by atoms with Crippen LogP contribution in [0.5, 0.6) is 0 Å². The minimum Gasteiger partial charge on any atom is -0.295 e. The molecule has 17 heavy (non-hydrogen) atoms. The first-order valence-corrected chi connectivity index (χ1v) is 7.24. The molecule has 1 atom stereocenters. The summed E-state index contributed by atoms with van der Waals surface area (Å²) >= 11 is 0. The molecule has 0 fully saturated rings. The number of hydrogen-bond acceptors (Lipinski definition) is 4. The van der Waals surface area contributed by atoms with Crippen molar-refractivity contribution in [3.05, 3.63) is 5.82 Å². The summed E-state index contributed by atoms with van der Waals surface area (Å²) in [6, 6.07) is 0. The van der Waals surface area contributed by atoms with E-state index >= 15 is 0 Å². The highest BCUT2D eigenvalue weighted by Gasteiger charge is 2.26. The highest BCUT2D eigenvalue weighted by atomic mass is 35.7. The number of halogens is 3. The summed E-state index contributed by atoms with van der Waals surface area (Å²) in [6.45, 7) is 2.80.